The second-order valence-corrected chi connectivity index (χ2v) is 7.71. The highest BCUT2D eigenvalue weighted by Crippen LogP contribution is 2.17. The highest BCUT2D eigenvalue weighted by Gasteiger charge is 2.19. The number of hydrogen-bond donors (Lipinski definition) is 2. The minimum absolute atomic E-state index is 0.0448. The van der Waals surface area contributed by atoms with Gasteiger partial charge in [0, 0.05) is 12.7 Å². The molecule has 0 spiro atoms. The number of nitrogens with one attached hydrogen (secondary N) is 2. The van der Waals surface area contributed by atoms with Gasteiger partial charge >= 0.3 is 0 Å². The Kier molecular flexibility index (Phi) is 5.00. The Hall–Kier alpha value is -1.40. The molecule has 1 fully saturated rings. The van der Waals surface area contributed by atoms with E-state index in [4.69, 9.17) is 0 Å². The summed E-state index contributed by atoms with van der Waals surface area (Å²) in [5.41, 5.74) is 0.903. The molecule has 0 radical (unpaired) electrons. The summed E-state index contributed by atoms with van der Waals surface area (Å²) in [4.78, 5) is 12.3. The van der Waals surface area contributed by atoms with E-state index in [2.05, 4.69) is 10.6 Å². The van der Waals surface area contributed by atoms with E-state index in [-0.39, 0.29) is 11.9 Å². The van der Waals surface area contributed by atoms with Crippen LogP contribution in [0.1, 0.15) is 31.4 Å². The van der Waals surface area contributed by atoms with Gasteiger partial charge in [0.1, 0.15) is 0 Å². The van der Waals surface area contributed by atoms with Crippen LogP contribution in [0.25, 0.3) is 0 Å². The summed E-state index contributed by atoms with van der Waals surface area (Å²) in [5, 5.41) is 6.21. The molecule has 1 aromatic carbocycles. The predicted molar refractivity (Wildman–Crippen MR) is 81.7 cm³/mol. The van der Waals surface area contributed by atoms with Crippen molar-refractivity contribution in [1.29, 1.82) is 0 Å². The number of carbonyl (C=O) groups excluding carboxylic acids is 1. The van der Waals surface area contributed by atoms with E-state index in [0.29, 0.717) is 17.2 Å². The number of benzene rings is 1. The lowest BCUT2D eigenvalue weighted by atomic mass is 10.0. The van der Waals surface area contributed by atoms with Crippen LogP contribution in [0.4, 0.5) is 0 Å². The Morgan fingerprint density at radius 2 is 2.05 bits per heavy atom. The number of amides is 1. The molecule has 1 heterocycles. The standard InChI is InChI=1S/C15H22N2O3S/c1-11(17-15(18)9-12-7-8-16-10-12)13-3-5-14(6-4-13)21(2,19)20/h3-6,11-12,16H,7-10H2,1-2H3,(H,17,18). The first-order valence-corrected chi connectivity index (χ1v) is 9.05. The fourth-order valence-electron chi connectivity index (χ4n) is 2.54. The molecule has 2 atom stereocenters. The molecule has 5 nitrogen and oxygen atoms in total. The maximum Gasteiger partial charge on any atom is 0.220 e. The molecule has 1 aliphatic heterocycles. The van der Waals surface area contributed by atoms with Crippen molar-refractivity contribution in [3.8, 4) is 0 Å². The summed E-state index contributed by atoms with van der Waals surface area (Å²) >= 11 is 0. The van der Waals surface area contributed by atoms with Crippen LogP contribution in [-0.4, -0.2) is 33.7 Å². The van der Waals surface area contributed by atoms with Gasteiger partial charge in [-0.25, -0.2) is 8.42 Å². The Balaban J connectivity index is 1.93. The third-order valence-electron chi connectivity index (χ3n) is 3.82. The first kappa shape index (κ1) is 16.0. The normalized spacial score (nSPS) is 20.2. The molecule has 1 amide bonds. The number of sulfone groups is 1. The van der Waals surface area contributed by atoms with E-state index in [1.807, 2.05) is 6.92 Å². The van der Waals surface area contributed by atoms with E-state index in [1.54, 1.807) is 24.3 Å². The quantitative estimate of drug-likeness (QED) is 0.859. The molecule has 2 rings (SSSR count). The summed E-state index contributed by atoms with van der Waals surface area (Å²) in [5.74, 6) is 0.466. The second kappa shape index (κ2) is 6.58. The fraction of sp³-hybridized carbons (Fsp3) is 0.533. The zero-order valence-electron chi connectivity index (χ0n) is 12.4. The molecule has 6 heteroatoms. The number of hydrogen-bond acceptors (Lipinski definition) is 4. The smallest absolute Gasteiger partial charge is 0.220 e. The summed E-state index contributed by atoms with van der Waals surface area (Å²) in [6.07, 6.45) is 2.77. The fourth-order valence-corrected chi connectivity index (χ4v) is 3.17. The molecule has 0 bridgehead atoms. The van der Waals surface area contributed by atoms with E-state index >= 15 is 0 Å². The topological polar surface area (TPSA) is 75.3 Å². The largest absolute Gasteiger partial charge is 0.350 e. The van der Waals surface area contributed by atoms with Crippen LogP contribution < -0.4 is 10.6 Å². The van der Waals surface area contributed by atoms with E-state index in [9.17, 15) is 13.2 Å². The van der Waals surface area contributed by atoms with Crippen LogP contribution in [-0.2, 0) is 14.6 Å². The number of rotatable bonds is 5. The predicted octanol–water partition coefficient (Wildman–Crippen LogP) is 1.27. The van der Waals surface area contributed by atoms with Crippen molar-refractivity contribution in [1.82, 2.24) is 10.6 Å². The summed E-state index contributed by atoms with van der Waals surface area (Å²) in [6.45, 7) is 3.80. The average Bonchev–Trinajstić information content (AvgIpc) is 2.90. The lowest BCUT2D eigenvalue weighted by Gasteiger charge is -2.16. The van der Waals surface area contributed by atoms with Gasteiger partial charge in [-0.3, -0.25) is 4.79 Å². The van der Waals surface area contributed by atoms with Gasteiger partial charge in [0.25, 0.3) is 0 Å². The third kappa shape index (κ3) is 4.54. The third-order valence-corrected chi connectivity index (χ3v) is 4.95. The lowest BCUT2D eigenvalue weighted by molar-refractivity contribution is -0.122. The van der Waals surface area contributed by atoms with Gasteiger partial charge in [0.05, 0.1) is 10.9 Å². The average molecular weight is 310 g/mol. The van der Waals surface area contributed by atoms with Crippen molar-refractivity contribution >= 4 is 15.7 Å². The summed E-state index contributed by atoms with van der Waals surface area (Å²) in [6, 6.07) is 6.53. The van der Waals surface area contributed by atoms with E-state index in [0.717, 1.165) is 25.1 Å². The van der Waals surface area contributed by atoms with Crippen LogP contribution >= 0.6 is 0 Å². The monoisotopic (exact) mass is 310 g/mol. The minimum Gasteiger partial charge on any atom is -0.350 e. The molecule has 1 saturated heterocycles. The van der Waals surface area contributed by atoms with E-state index < -0.39 is 9.84 Å². The van der Waals surface area contributed by atoms with Gasteiger partial charge in [-0.2, -0.15) is 0 Å². The van der Waals surface area contributed by atoms with Gasteiger partial charge < -0.3 is 10.6 Å². The Morgan fingerprint density at radius 1 is 1.38 bits per heavy atom. The van der Waals surface area contributed by atoms with Crippen molar-refractivity contribution < 1.29 is 13.2 Å². The van der Waals surface area contributed by atoms with Crippen LogP contribution in [0, 0.1) is 5.92 Å². The van der Waals surface area contributed by atoms with Crippen LogP contribution in [0.15, 0.2) is 29.2 Å². The molecule has 116 valence electrons. The van der Waals surface area contributed by atoms with Gasteiger partial charge in [0.2, 0.25) is 5.91 Å². The zero-order valence-corrected chi connectivity index (χ0v) is 13.2. The maximum absolute atomic E-state index is 12.0. The van der Waals surface area contributed by atoms with Crippen molar-refractivity contribution in [2.75, 3.05) is 19.3 Å². The molecular weight excluding hydrogens is 288 g/mol. The van der Waals surface area contributed by atoms with Crippen molar-refractivity contribution in [3.63, 3.8) is 0 Å². The van der Waals surface area contributed by atoms with Gasteiger partial charge in [-0.05, 0) is 50.0 Å². The van der Waals surface area contributed by atoms with Gasteiger partial charge in [-0.1, -0.05) is 12.1 Å². The molecule has 1 aromatic rings. The Labute approximate surface area is 126 Å². The Bertz CT molecular complexity index is 590. The first-order chi connectivity index (χ1) is 9.86. The highest BCUT2D eigenvalue weighted by atomic mass is 32.2. The van der Waals surface area contributed by atoms with Crippen molar-refractivity contribution in [2.45, 2.75) is 30.7 Å². The van der Waals surface area contributed by atoms with Crippen molar-refractivity contribution in [2.24, 2.45) is 5.92 Å². The summed E-state index contributed by atoms with van der Waals surface area (Å²) in [7, 11) is -3.18. The van der Waals surface area contributed by atoms with Crippen LogP contribution in [0.5, 0.6) is 0 Å². The molecule has 0 saturated carbocycles. The minimum atomic E-state index is -3.18. The lowest BCUT2D eigenvalue weighted by Crippen LogP contribution is -2.28. The molecule has 21 heavy (non-hydrogen) atoms. The van der Waals surface area contributed by atoms with Gasteiger partial charge in [-0.15, -0.1) is 0 Å². The van der Waals surface area contributed by atoms with E-state index in [1.165, 1.54) is 6.26 Å². The molecule has 1 aliphatic rings. The molecule has 2 unspecified atom stereocenters. The second-order valence-electron chi connectivity index (χ2n) is 5.69. The molecular formula is C15H22N2O3S. The number of carbonyl (C=O) groups is 1. The maximum atomic E-state index is 12.0. The highest BCUT2D eigenvalue weighted by molar-refractivity contribution is 7.90. The molecule has 0 aliphatic carbocycles. The molecule has 0 aromatic heterocycles. The Morgan fingerprint density at radius 3 is 2.57 bits per heavy atom. The zero-order chi connectivity index (χ0) is 15.5. The SMILES string of the molecule is CC(NC(=O)CC1CCNC1)c1ccc(S(C)(=O)=O)cc1. The first-order valence-electron chi connectivity index (χ1n) is 7.16. The summed E-state index contributed by atoms with van der Waals surface area (Å²) < 4.78 is 22.8. The van der Waals surface area contributed by atoms with Crippen LogP contribution in [0.3, 0.4) is 0 Å². The van der Waals surface area contributed by atoms with Crippen LogP contribution in [0.2, 0.25) is 0 Å². The molecule has 2 N–H and O–H groups in total. The van der Waals surface area contributed by atoms with Crippen molar-refractivity contribution in [3.05, 3.63) is 29.8 Å². The van der Waals surface area contributed by atoms with Gasteiger partial charge in [0.15, 0.2) is 9.84 Å².